The van der Waals surface area contributed by atoms with Crippen molar-refractivity contribution < 1.29 is 9.32 Å². The van der Waals surface area contributed by atoms with Crippen molar-refractivity contribution in [3.8, 4) is 0 Å². The lowest BCUT2D eigenvalue weighted by atomic mass is 9.92. The van der Waals surface area contributed by atoms with Crippen LogP contribution in [-0.4, -0.2) is 21.2 Å². The number of hydrogen-bond donors (Lipinski definition) is 0. The maximum absolute atomic E-state index is 11.7. The van der Waals surface area contributed by atoms with Crippen molar-refractivity contribution in [3.05, 3.63) is 11.7 Å². The minimum atomic E-state index is -0.268. The molecule has 1 aliphatic rings. The zero-order chi connectivity index (χ0) is 14.5. The van der Waals surface area contributed by atoms with Crippen molar-refractivity contribution >= 4 is 17.5 Å². The molecule has 5 heteroatoms. The van der Waals surface area contributed by atoms with Crippen LogP contribution in [0.25, 0.3) is 0 Å². The average Bonchev–Trinajstić information content (AvgIpc) is 2.85. The molecule has 0 amide bonds. The van der Waals surface area contributed by atoms with Crippen LogP contribution in [0.1, 0.15) is 70.5 Å². The van der Waals surface area contributed by atoms with E-state index < -0.39 is 0 Å². The zero-order valence-electron chi connectivity index (χ0n) is 12.6. The van der Waals surface area contributed by atoms with E-state index in [1.165, 1.54) is 32.1 Å². The Kier molecular flexibility index (Phi) is 5.64. The van der Waals surface area contributed by atoms with Crippen LogP contribution in [0.15, 0.2) is 4.52 Å². The number of nitrogens with zero attached hydrogens (tertiary/aromatic N) is 2. The number of hydrogen-bond acceptors (Lipinski definition) is 5. The zero-order valence-corrected chi connectivity index (χ0v) is 13.4. The summed E-state index contributed by atoms with van der Waals surface area (Å²) < 4.78 is 5.29. The predicted octanol–water partition coefficient (Wildman–Crippen LogP) is 3.96. The number of thioether (sulfide) groups is 1. The fraction of sp³-hybridized carbons (Fsp3) is 0.800. The Bertz CT molecular complexity index is 439. The lowest BCUT2D eigenvalue weighted by Crippen LogP contribution is -2.15. The number of aromatic nitrogens is 2. The Morgan fingerprint density at radius 1 is 1.35 bits per heavy atom. The molecule has 0 spiro atoms. The molecule has 0 aromatic carbocycles. The van der Waals surface area contributed by atoms with Gasteiger partial charge in [0.15, 0.2) is 5.82 Å². The van der Waals surface area contributed by atoms with Crippen molar-refractivity contribution in [2.75, 3.05) is 0 Å². The summed E-state index contributed by atoms with van der Waals surface area (Å²) in [6.45, 7) is 5.60. The third-order valence-corrected chi connectivity index (χ3v) is 5.22. The quantitative estimate of drug-likeness (QED) is 0.795. The van der Waals surface area contributed by atoms with E-state index in [1.807, 2.05) is 25.6 Å². The van der Waals surface area contributed by atoms with Crippen LogP contribution in [0.2, 0.25) is 0 Å². The molecular weight excluding hydrogens is 272 g/mol. The van der Waals surface area contributed by atoms with Crippen LogP contribution in [0.3, 0.4) is 0 Å². The monoisotopic (exact) mass is 296 g/mol. The van der Waals surface area contributed by atoms with Crippen molar-refractivity contribution in [1.29, 1.82) is 0 Å². The Morgan fingerprint density at radius 3 is 2.65 bits per heavy atom. The SMILES string of the molecule is CC(=O)C(c1nc(CSC2CCCCC2)no1)C(C)C. The Morgan fingerprint density at radius 2 is 2.05 bits per heavy atom. The molecule has 1 atom stereocenters. The molecule has 1 saturated carbocycles. The van der Waals surface area contributed by atoms with Crippen LogP contribution in [0.5, 0.6) is 0 Å². The molecule has 0 aliphatic heterocycles. The molecule has 0 N–H and O–H groups in total. The minimum absolute atomic E-state index is 0.0927. The van der Waals surface area contributed by atoms with Gasteiger partial charge in [0.1, 0.15) is 5.78 Å². The third kappa shape index (κ3) is 4.08. The first-order valence-corrected chi connectivity index (χ1v) is 8.57. The summed E-state index contributed by atoms with van der Waals surface area (Å²) in [5.74, 6) is 2.00. The molecule has 1 fully saturated rings. The van der Waals surface area contributed by atoms with Gasteiger partial charge < -0.3 is 4.52 Å². The Labute approximate surface area is 125 Å². The van der Waals surface area contributed by atoms with E-state index in [2.05, 4.69) is 10.1 Å². The number of carbonyl (C=O) groups excluding carboxylic acids is 1. The van der Waals surface area contributed by atoms with E-state index in [4.69, 9.17) is 4.52 Å². The first-order valence-electron chi connectivity index (χ1n) is 7.52. The van der Waals surface area contributed by atoms with Crippen molar-refractivity contribution in [3.63, 3.8) is 0 Å². The summed E-state index contributed by atoms with van der Waals surface area (Å²) in [6.07, 6.45) is 6.66. The minimum Gasteiger partial charge on any atom is -0.339 e. The second-order valence-corrected chi connectivity index (χ2v) is 7.24. The summed E-state index contributed by atoms with van der Waals surface area (Å²) in [7, 11) is 0. The smallest absolute Gasteiger partial charge is 0.237 e. The first kappa shape index (κ1) is 15.5. The third-order valence-electron chi connectivity index (χ3n) is 3.85. The molecule has 1 aliphatic carbocycles. The molecule has 0 radical (unpaired) electrons. The first-order chi connectivity index (χ1) is 9.58. The summed E-state index contributed by atoms with van der Waals surface area (Å²) in [6, 6.07) is 0. The summed E-state index contributed by atoms with van der Waals surface area (Å²) in [4.78, 5) is 16.1. The molecule has 1 aromatic heterocycles. The molecule has 1 unspecified atom stereocenters. The topological polar surface area (TPSA) is 56.0 Å². The summed E-state index contributed by atoms with van der Waals surface area (Å²) >= 11 is 1.92. The fourth-order valence-electron chi connectivity index (χ4n) is 2.81. The van der Waals surface area contributed by atoms with Crippen LogP contribution < -0.4 is 0 Å². The maximum atomic E-state index is 11.7. The standard InChI is InChI=1S/C15H24N2O2S/c1-10(2)14(11(3)18)15-16-13(17-19-15)9-20-12-7-5-4-6-8-12/h10,12,14H,4-9H2,1-3H3. The van der Waals surface area contributed by atoms with Gasteiger partial charge in [0.25, 0.3) is 0 Å². The average molecular weight is 296 g/mol. The normalized spacial score (nSPS) is 18.4. The highest BCUT2D eigenvalue weighted by Crippen LogP contribution is 2.30. The molecule has 1 aromatic rings. The van der Waals surface area contributed by atoms with Gasteiger partial charge in [-0.3, -0.25) is 4.79 Å². The lowest BCUT2D eigenvalue weighted by Gasteiger charge is -2.20. The molecule has 1 heterocycles. The van der Waals surface area contributed by atoms with Crippen LogP contribution >= 0.6 is 11.8 Å². The number of ketones is 1. The van der Waals surface area contributed by atoms with E-state index >= 15 is 0 Å². The van der Waals surface area contributed by atoms with Gasteiger partial charge >= 0.3 is 0 Å². The van der Waals surface area contributed by atoms with Gasteiger partial charge in [-0.2, -0.15) is 16.7 Å². The lowest BCUT2D eigenvalue weighted by molar-refractivity contribution is -0.119. The van der Waals surface area contributed by atoms with Gasteiger partial charge in [0.05, 0.1) is 11.7 Å². The summed E-state index contributed by atoms with van der Waals surface area (Å²) in [5.41, 5.74) is 0. The largest absolute Gasteiger partial charge is 0.339 e. The van der Waals surface area contributed by atoms with Gasteiger partial charge in [-0.1, -0.05) is 38.3 Å². The van der Waals surface area contributed by atoms with E-state index in [1.54, 1.807) is 6.92 Å². The van der Waals surface area contributed by atoms with Gasteiger partial charge in [-0.05, 0) is 25.7 Å². The highest BCUT2D eigenvalue weighted by molar-refractivity contribution is 7.99. The van der Waals surface area contributed by atoms with Crippen molar-refractivity contribution in [2.24, 2.45) is 5.92 Å². The number of rotatable bonds is 6. The van der Waals surface area contributed by atoms with E-state index in [0.717, 1.165) is 16.8 Å². The highest BCUT2D eigenvalue weighted by Gasteiger charge is 2.27. The van der Waals surface area contributed by atoms with Crippen molar-refractivity contribution in [2.45, 2.75) is 69.8 Å². The molecule has 20 heavy (non-hydrogen) atoms. The molecule has 4 nitrogen and oxygen atoms in total. The molecular formula is C15H24N2O2S. The summed E-state index contributed by atoms with van der Waals surface area (Å²) in [5, 5.41) is 4.76. The number of carbonyl (C=O) groups is 1. The molecule has 0 saturated heterocycles. The van der Waals surface area contributed by atoms with Gasteiger partial charge in [-0.15, -0.1) is 0 Å². The second-order valence-electron chi connectivity index (χ2n) is 5.95. The molecule has 0 bridgehead atoms. The Balaban J connectivity index is 1.92. The van der Waals surface area contributed by atoms with Gasteiger partial charge in [0, 0.05) is 5.25 Å². The van der Waals surface area contributed by atoms with E-state index in [-0.39, 0.29) is 17.6 Å². The van der Waals surface area contributed by atoms with Gasteiger partial charge in [-0.25, -0.2) is 0 Å². The Hall–Kier alpha value is -0.840. The van der Waals surface area contributed by atoms with Crippen LogP contribution in [-0.2, 0) is 10.5 Å². The van der Waals surface area contributed by atoms with E-state index in [0.29, 0.717) is 5.89 Å². The fourth-order valence-corrected chi connectivity index (χ4v) is 3.97. The van der Waals surface area contributed by atoms with Crippen LogP contribution in [0.4, 0.5) is 0 Å². The van der Waals surface area contributed by atoms with E-state index in [9.17, 15) is 4.79 Å². The maximum Gasteiger partial charge on any atom is 0.237 e. The molecule has 2 rings (SSSR count). The van der Waals surface area contributed by atoms with Crippen LogP contribution in [0, 0.1) is 5.92 Å². The number of Topliss-reactive ketones (excluding diaryl/α,β-unsaturated/α-hetero) is 1. The van der Waals surface area contributed by atoms with Crippen molar-refractivity contribution in [1.82, 2.24) is 10.1 Å². The molecule has 112 valence electrons. The van der Waals surface area contributed by atoms with Gasteiger partial charge in [0.2, 0.25) is 5.89 Å². The predicted molar refractivity (Wildman–Crippen MR) is 80.7 cm³/mol. The second kappa shape index (κ2) is 7.25. The highest BCUT2D eigenvalue weighted by atomic mass is 32.2.